The summed E-state index contributed by atoms with van der Waals surface area (Å²) in [5.74, 6) is -1.42. The summed E-state index contributed by atoms with van der Waals surface area (Å²) in [6.45, 7) is 1.38. The second kappa shape index (κ2) is 16.5. The first-order valence-electron chi connectivity index (χ1n) is 10.5. The Bertz CT molecular complexity index is 415. The molecule has 0 saturated heterocycles. The molecule has 0 amide bonds. The molecule has 0 radical (unpaired) electrons. The molecular formula is C19H40NO6P. The maximum atomic E-state index is 11.4. The highest BCUT2D eigenvalue weighted by molar-refractivity contribution is 7.49. The van der Waals surface area contributed by atoms with Crippen molar-refractivity contribution in [1.82, 2.24) is 4.67 Å². The number of hydrogen-bond acceptors (Lipinski definition) is 3. The lowest BCUT2D eigenvalue weighted by Gasteiger charge is -2.27. The first kappa shape index (κ1) is 26.5. The topological polar surface area (TPSA) is 118 Å². The Kier molecular flexibility index (Phi) is 16.2. The maximum absolute atomic E-state index is 11.4. The summed E-state index contributed by atoms with van der Waals surface area (Å²) in [6, 6.07) is -1.56. The fraction of sp³-hybridized carbons (Fsp3) is 0.947. The Morgan fingerprint density at radius 3 is 1.48 bits per heavy atom. The monoisotopic (exact) mass is 409 g/mol. The largest absolute Gasteiger partial charge is 0.480 e. The summed E-state index contributed by atoms with van der Waals surface area (Å²) in [4.78, 5) is 29.6. The Balaban J connectivity index is 3.69. The number of nitrogens with zero attached hydrogens (tertiary/aromatic N) is 1. The van der Waals surface area contributed by atoms with Gasteiger partial charge in [0.2, 0.25) is 0 Å². The van der Waals surface area contributed by atoms with E-state index in [1.807, 2.05) is 0 Å². The molecule has 0 heterocycles. The Hall–Kier alpha value is -0.460. The predicted octanol–water partition coefficient (Wildman–Crippen LogP) is 4.31. The van der Waals surface area contributed by atoms with Crippen LogP contribution in [0.2, 0.25) is 0 Å². The number of carboxylic acids is 1. The van der Waals surface area contributed by atoms with Crippen LogP contribution in [0.3, 0.4) is 0 Å². The van der Waals surface area contributed by atoms with Crippen LogP contribution in [0.15, 0.2) is 0 Å². The number of aliphatic hydroxyl groups is 1. The molecule has 0 aromatic rings. The molecule has 0 aliphatic heterocycles. The summed E-state index contributed by atoms with van der Waals surface area (Å²) in [5.41, 5.74) is 0. The number of rotatable bonds is 19. The molecule has 0 aliphatic carbocycles. The van der Waals surface area contributed by atoms with E-state index in [0.717, 1.165) is 19.3 Å². The molecule has 1 unspecified atom stereocenters. The minimum Gasteiger partial charge on any atom is -0.480 e. The lowest BCUT2D eigenvalue weighted by Crippen LogP contribution is -2.42. The molecule has 0 spiro atoms. The van der Waals surface area contributed by atoms with Crippen molar-refractivity contribution in [3.8, 4) is 0 Å². The van der Waals surface area contributed by atoms with Gasteiger partial charge in [-0.15, -0.1) is 0 Å². The molecule has 7 nitrogen and oxygen atoms in total. The zero-order valence-electron chi connectivity index (χ0n) is 16.9. The molecule has 0 saturated carbocycles. The van der Waals surface area contributed by atoms with Crippen LogP contribution in [0, 0.1) is 0 Å². The number of hydrogen-bond donors (Lipinski definition) is 4. The van der Waals surface area contributed by atoms with E-state index >= 15 is 0 Å². The van der Waals surface area contributed by atoms with Crippen LogP contribution < -0.4 is 0 Å². The van der Waals surface area contributed by atoms with Gasteiger partial charge in [-0.25, -0.2) is 4.57 Å². The Morgan fingerprint density at radius 1 is 0.815 bits per heavy atom. The summed E-state index contributed by atoms with van der Waals surface area (Å²) < 4.78 is 12.0. The van der Waals surface area contributed by atoms with Gasteiger partial charge in [-0.3, -0.25) is 4.79 Å². The Morgan fingerprint density at radius 2 is 1.19 bits per heavy atom. The van der Waals surface area contributed by atoms with Gasteiger partial charge in [-0.05, 0) is 6.42 Å². The van der Waals surface area contributed by atoms with E-state index < -0.39 is 26.4 Å². The molecular weight excluding hydrogens is 369 g/mol. The lowest BCUT2D eigenvalue weighted by atomic mass is 10.0. The third-order valence-electron chi connectivity index (χ3n) is 4.89. The van der Waals surface area contributed by atoms with Gasteiger partial charge in [0.1, 0.15) is 6.04 Å². The third-order valence-corrected chi connectivity index (χ3v) is 6.04. The van der Waals surface area contributed by atoms with Crippen LogP contribution in [-0.4, -0.2) is 49.8 Å². The van der Waals surface area contributed by atoms with Gasteiger partial charge in [0.25, 0.3) is 0 Å². The zero-order chi connectivity index (χ0) is 20.5. The highest BCUT2D eigenvalue weighted by atomic mass is 31.2. The first-order chi connectivity index (χ1) is 12.8. The van der Waals surface area contributed by atoms with Gasteiger partial charge in [-0.2, -0.15) is 4.67 Å². The van der Waals surface area contributed by atoms with Crippen molar-refractivity contribution < 1.29 is 29.4 Å². The highest BCUT2D eigenvalue weighted by Gasteiger charge is 2.36. The van der Waals surface area contributed by atoms with Gasteiger partial charge < -0.3 is 20.0 Å². The van der Waals surface area contributed by atoms with Crippen LogP contribution in [0.1, 0.15) is 96.8 Å². The minimum atomic E-state index is -4.70. The van der Waals surface area contributed by atoms with E-state index in [4.69, 9.17) is 10.2 Å². The van der Waals surface area contributed by atoms with E-state index in [0.29, 0.717) is 11.1 Å². The number of carbonyl (C=O) groups is 1. The highest BCUT2D eigenvalue weighted by Crippen LogP contribution is 2.42. The van der Waals surface area contributed by atoms with Crippen molar-refractivity contribution in [2.75, 3.05) is 13.2 Å². The number of aliphatic hydroxyl groups excluding tert-OH is 1. The number of unbranched alkanes of at least 4 members (excludes halogenated alkanes) is 13. The van der Waals surface area contributed by atoms with Gasteiger partial charge in [-0.1, -0.05) is 90.4 Å². The van der Waals surface area contributed by atoms with Crippen LogP contribution in [-0.2, 0) is 9.36 Å². The summed E-state index contributed by atoms with van der Waals surface area (Å²) >= 11 is 0. The summed E-state index contributed by atoms with van der Waals surface area (Å²) in [7, 11) is -4.70. The van der Waals surface area contributed by atoms with E-state index in [2.05, 4.69) is 6.92 Å². The van der Waals surface area contributed by atoms with Crippen molar-refractivity contribution in [3.63, 3.8) is 0 Å². The van der Waals surface area contributed by atoms with Gasteiger partial charge in [0.05, 0.1) is 6.61 Å². The van der Waals surface area contributed by atoms with Crippen LogP contribution in [0.25, 0.3) is 0 Å². The predicted molar refractivity (Wildman–Crippen MR) is 108 cm³/mol. The van der Waals surface area contributed by atoms with Crippen molar-refractivity contribution in [2.45, 2.75) is 103 Å². The second-order valence-electron chi connectivity index (χ2n) is 7.31. The second-order valence-corrected chi connectivity index (χ2v) is 8.85. The number of aliphatic carboxylic acids is 1. The molecule has 0 rings (SSSR count). The molecule has 8 heteroatoms. The Labute approximate surface area is 164 Å². The van der Waals surface area contributed by atoms with Crippen molar-refractivity contribution >= 4 is 13.7 Å². The van der Waals surface area contributed by atoms with Crippen LogP contribution >= 0.6 is 7.75 Å². The van der Waals surface area contributed by atoms with E-state index in [1.165, 1.54) is 64.2 Å². The fourth-order valence-electron chi connectivity index (χ4n) is 3.24. The van der Waals surface area contributed by atoms with Crippen LogP contribution in [0.4, 0.5) is 0 Å². The minimum absolute atomic E-state index is 0.0279. The molecule has 0 fully saturated rings. The van der Waals surface area contributed by atoms with E-state index in [-0.39, 0.29) is 6.54 Å². The first-order valence-corrected chi connectivity index (χ1v) is 12.1. The average Bonchev–Trinajstić information content (AvgIpc) is 2.59. The zero-order valence-corrected chi connectivity index (χ0v) is 17.8. The summed E-state index contributed by atoms with van der Waals surface area (Å²) in [5, 5.41) is 18.1. The van der Waals surface area contributed by atoms with Gasteiger partial charge in [0.15, 0.2) is 0 Å². The van der Waals surface area contributed by atoms with E-state index in [1.54, 1.807) is 0 Å². The normalized spacial score (nSPS) is 13.2. The molecule has 0 aromatic heterocycles. The lowest BCUT2D eigenvalue weighted by molar-refractivity contribution is -0.143. The average molecular weight is 410 g/mol. The smallest absolute Gasteiger partial charge is 0.403 e. The van der Waals surface area contributed by atoms with Crippen LogP contribution in [0.5, 0.6) is 0 Å². The molecule has 27 heavy (non-hydrogen) atoms. The molecule has 162 valence electrons. The SMILES string of the molecule is CCCCCCCCCCCCCCCCN(C(CO)C(=O)O)P(=O)(O)O. The fourth-order valence-corrected chi connectivity index (χ4v) is 4.17. The van der Waals surface area contributed by atoms with Crippen molar-refractivity contribution in [2.24, 2.45) is 0 Å². The van der Waals surface area contributed by atoms with Crippen molar-refractivity contribution in [1.29, 1.82) is 0 Å². The van der Waals surface area contributed by atoms with Gasteiger partial charge >= 0.3 is 13.7 Å². The third kappa shape index (κ3) is 14.2. The quantitative estimate of drug-likeness (QED) is 0.185. The number of carboxylic acid groups (broad SMARTS) is 1. The standard InChI is InChI=1S/C19H40NO6P/c1-2-3-4-5-6-7-8-9-10-11-12-13-14-15-16-20(27(24,25)26)18(17-21)19(22)23/h18,21H,2-17H2,1H3,(H,22,23)(H2,24,25,26). The summed E-state index contributed by atoms with van der Waals surface area (Å²) in [6.07, 6.45) is 16.4. The van der Waals surface area contributed by atoms with Crippen molar-refractivity contribution in [3.05, 3.63) is 0 Å². The maximum Gasteiger partial charge on any atom is 0.403 e. The molecule has 4 N–H and O–H groups in total. The molecule has 0 bridgehead atoms. The molecule has 1 atom stereocenters. The molecule has 0 aromatic carbocycles. The van der Waals surface area contributed by atoms with E-state index in [9.17, 15) is 19.1 Å². The molecule has 0 aliphatic rings. The van der Waals surface area contributed by atoms with Gasteiger partial charge in [0, 0.05) is 6.54 Å².